The third kappa shape index (κ3) is 5.38. The van der Waals surface area contributed by atoms with Crippen LogP contribution in [0.25, 0.3) is 0 Å². The van der Waals surface area contributed by atoms with E-state index in [-0.39, 0.29) is 10.6 Å². The van der Waals surface area contributed by atoms with Crippen LogP contribution in [0.15, 0.2) is 23.1 Å². The van der Waals surface area contributed by atoms with Gasteiger partial charge in [-0.2, -0.15) is 0 Å². The van der Waals surface area contributed by atoms with Crippen LogP contribution in [0.5, 0.6) is 0 Å². The minimum absolute atomic E-state index is 0.261. The predicted octanol–water partition coefficient (Wildman–Crippen LogP) is 2.16. The van der Waals surface area contributed by atoms with E-state index in [0.29, 0.717) is 24.2 Å². The summed E-state index contributed by atoms with van der Waals surface area (Å²) in [4.78, 5) is 12.9. The maximum absolute atomic E-state index is 11.4. The van der Waals surface area contributed by atoms with Crippen LogP contribution in [0.3, 0.4) is 0 Å². The predicted molar refractivity (Wildman–Crippen MR) is 97.0 cm³/mol. The first-order valence-electron chi connectivity index (χ1n) is 8.47. The molecule has 0 spiro atoms. The van der Waals surface area contributed by atoms with Crippen LogP contribution >= 0.6 is 0 Å². The molecule has 0 amide bonds. The minimum Gasteiger partial charge on any atom is -0.378 e. The summed E-state index contributed by atoms with van der Waals surface area (Å²) in [6.45, 7) is 6.99. The number of nitrogens with zero attached hydrogens (tertiary/aromatic N) is 2. The Morgan fingerprint density at radius 2 is 1.96 bits per heavy atom. The number of primary sulfonamides is 1. The Morgan fingerprint density at radius 1 is 1.32 bits per heavy atom. The Hall–Kier alpha value is -1.71. The van der Waals surface area contributed by atoms with Gasteiger partial charge in [-0.1, -0.05) is 13.8 Å². The van der Waals surface area contributed by atoms with Gasteiger partial charge in [-0.25, -0.2) is 13.6 Å². The molecule has 25 heavy (non-hydrogen) atoms. The lowest BCUT2D eigenvalue weighted by molar-refractivity contribution is -0.384. The maximum atomic E-state index is 11.4. The first kappa shape index (κ1) is 19.6. The van der Waals surface area contributed by atoms with Gasteiger partial charge in [0.2, 0.25) is 10.0 Å². The zero-order valence-electron chi connectivity index (χ0n) is 14.6. The zero-order valence-corrected chi connectivity index (χ0v) is 15.5. The fraction of sp³-hybridized carbons (Fsp3) is 0.625. The molecule has 8 nitrogen and oxygen atoms in total. The van der Waals surface area contributed by atoms with Gasteiger partial charge in [0.1, 0.15) is 5.69 Å². The first-order valence-corrected chi connectivity index (χ1v) is 10.0. The summed E-state index contributed by atoms with van der Waals surface area (Å²) >= 11 is 0. The van der Waals surface area contributed by atoms with Crippen molar-refractivity contribution in [2.24, 2.45) is 11.1 Å². The van der Waals surface area contributed by atoms with E-state index in [0.717, 1.165) is 25.6 Å². The van der Waals surface area contributed by atoms with E-state index < -0.39 is 14.9 Å². The Labute approximate surface area is 148 Å². The molecule has 1 atom stereocenters. The van der Waals surface area contributed by atoms with Crippen molar-refractivity contribution >= 4 is 21.4 Å². The molecule has 3 N–H and O–H groups in total. The Balaban J connectivity index is 2.18. The summed E-state index contributed by atoms with van der Waals surface area (Å²) in [6.07, 6.45) is 3.35. The number of rotatable bonds is 8. The first-order chi connectivity index (χ1) is 11.7. The van der Waals surface area contributed by atoms with Crippen molar-refractivity contribution < 1.29 is 13.3 Å². The van der Waals surface area contributed by atoms with Crippen LogP contribution in [0.1, 0.15) is 33.1 Å². The summed E-state index contributed by atoms with van der Waals surface area (Å²) in [5.74, 6) is 0.521. The van der Waals surface area contributed by atoms with Gasteiger partial charge < -0.3 is 5.32 Å². The van der Waals surface area contributed by atoms with Crippen molar-refractivity contribution in [3.05, 3.63) is 28.3 Å². The highest BCUT2D eigenvalue weighted by Gasteiger charge is 2.24. The monoisotopic (exact) mass is 370 g/mol. The fourth-order valence-electron chi connectivity index (χ4n) is 3.23. The molecule has 1 fully saturated rings. The molecule has 0 bridgehead atoms. The highest BCUT2D eigenvalue weighted by molar-refractivity contribution is 7.89. The van der Waals surface area contributed by atoms with Crippen LogP contribution in [0, 0.1) is 16.0 Å². The van der Waals surface area contributed by atoms with E-state index in [1.807, 2.05) is 0 Å². The molecule has 1 heterocycles. The molecule has 0 aliphatic carbocycles. The summed E-state index contributed by atoms with van der Waals surface area (Å²) in [5.41, 5.74) is 0.0293. The quantitative estimate of drug-likeness (QED) is 0.535. The summed E-state index contributed by atoms with van der Waals surface area (Å²) in [5, 5.41) is 19.5. The third-order valence-electron chi connectivity index (χ3n) is 4.42. The molecule has 1 aliphatic rings. The molecule has 1 aromatic carbocycles. The van der Waals surface area contributed by atoms with E-state index in [1.165, 1.54) is 25.0 Å². The highest BCUT2D eigenvalue weighted by atomic mass is 32.2. The number of nitrogens with one attached hydrogen (secondary N) is 1. The minimum atomic E-state index is -3.98. The third-order valence-corrected chi connectivity index (χ3v) is 5.33. The van der Waals surface area contributed by atoms with Gasteiger partial charge in [0.05, 0.1) is 9.82 Å². The number of sulfonamides is 1. The maximum Gasteiger partial charge on any atom is 0.293 e. The molecule has 1 saturated heterocycles. The molecule has 1 aromatic rings. The van der Waals surface area contributed by atoms with Crippen molar-refractivity contribution in [1.29, 1.82) is 0 Å². The van der Waals surface area contributed by atoms with Crippen molar-refractivity contribution in [3.63, 3.8) is 0 Å². The van der Waals surface area contributed by atoms with Crippen molar-refractivity contribution in [2.45, 2.75) is 44.0 Å². The van der Waals surface area contributed by atoms with Crippen molar-refractivity contribution in [2.75, 3.05) is 25.0 Å². The Bertz CT molecular complexity index is 715. The van der Waals surface area contributed by atoms with Crippen LogP contribution in [-0.4, -0.2) is 43.9 Å². The number of hydrogen-bond donors (Lipinski definition) is 2. The Kier molecular flexibility index (Phi) is 6.36. The Morgan fingerprint density at radius 3 is 2.48 bits per heavy atom. The van der Waals surface area contributed by atoms with Crippen molar-refractivity contribution in [3.8, 4) is 0 Å². The van der Waals surface area contributed by atoms with Crippen LogP contribution in [0.4, 0.5) is 11.4 Å². The van der Waals surface area contributed by atoms with Gasteiger partial charge in [-0.3, -0.25) is 15.0 Å². The lowest BCUT2D eigenvalue weighted by atomic mass is 10.0. The summed E-state index contributed by atoms with van der Waals surface area (Å²) < 4.78 is 22.8. The van der Waals surface area contributed by atoms with Gasteiger partial charge in [-0.05, 0) is 50.4 Å². The second-order valence-corrected chi connectivity index (χ2v) is 8.45. The average Bonchev–Trinajstić information content (AvgIpc) is 3.04. The van der Waals surface area contributed by atoms with Gasteiger partial charge >= 0.3 is 0 Å². The van der Waals surface area contributed by atoms with Gasteiger partial charge in [0.15, 0.2) is 0 Å². The molecule has 1 aliphatic heterocycles. The van der Waals surface area contributed by atoms with E-state index in [9.17, 15) is 18.5 Å². The standard InChI is InChI=1S/C16H26N4O4S/c1-12(2)9-13(19-7-3-4-8-19)11-18-15-6-5-14(25(17,23)24)10-16(15)20(21)22/h5-6,10,12-13,18H,3-4,7-9,11H2,1-2H3,(H2,17,23,24). The molecule has 2 rings (SSSR count). The van der Waals surface area contributed by atoms with E-state index in [1.54, 1.807) is 0 Å². The van der Waals surface area contributed by atoms with E-state index >= 15 is 0 Å². The fourth-order valence-corrected chi connectivity index (χ4v) is 3.76. The van der Waals surface area contributed by atoms with E-state index in [2.05, 4.69) is 24.1 Å². The molecule has 0 radical (unpaired) electrons. The largest absolute Gasteiger partial charge is 0.378 e. The number of nitro benzene ring substituents is 1. The molecule has 140 valence electrons. The normalized spacial score (nSPS) is 17.0. The average molecular weight is 370 g/mol. The summed E-state index contributed by atoms with van der Waals surface area (Å²) in [7, 11) is -3.98. The molecular formula is C16H26N4O4S. The SMILES string of the molecule is CC(C)CC(CNc1ccc(S(N)(=O)=O)cc1[N+](=O)[O-])N1CCCC1. The molecule has 1 unspecified atom stereocenters. The topological polar surface area (TPSA) is 119 Å². The lowest BCUT2D eigenvalue weighted by Crippen LogP contribution is -2.39. The second kappa shape index (κ2) is 8.11. The number of nitrogens with two attached hydrogens (primary N) is 1. The van der Waals surface area contributed by atoms with Crippen LogP contribution < -0.4 is 10.5 Å². The number of benzene rings is 1. The molecule has 0 saturated carbocycles. The van der Waals surface area contributed by atoms with Gasteiger partial charge in [0, 0.05) is 18.7 Å². The number of anilines is 1. The highest BCUT2D eigenvalue weighted by Crippen LogP contribution is 2.28. The van der Waals surface area contributed by atoms with Crippen LogP contribution in [-0.2, 0) is 10.0 Å². The van der Waals surface area contributed by atoms with Crippen molar-refractivity contribution in [1.82, 2.24) is 4.90 Å². The molecule has 9 heteroatoms. The van der Waals surface area contributed by atoms with E-state index in [4.69, 9.17) is 5.14 Å². The van der Waals surface area contributed by atoms with Gasteiger partial charge in [0.25, 0.3) is 5.69 Å². The molecular weight excluding hydrogens is 344 g/mol. The molecule has 0 aromatic heterocycles. The second-order valence-electron chi connectivity index (χ2n) is 6.89. The smallest absolute Gasteiger partial charge is 0.293 e. The zero-order chi connectivity index (χ0) is 18.6. The number of hydrogen-bond acceptors (Lipinski definition) is 6. The van der Waals surface area contributed by atoms with Gasteiger partial charge in [-0.15, -0.1) is 0 Å². The number of nitro groups is 1. The lowest BCUT2D eigenvalue weighted by Gasteiger charge is -2.29. The number of likely N-dealkylation sites (tertiary alicyclic amines) is 1. The van der Waals surface area contributed by atoms with Crippen LogP contribution in [0.2, 0.25) is 0 Å². The summed E-state index contributed by atoms with van der Waals surface area (Å²) in [6, 6.07) is 4.00.